The molecule has 0 saturated carbocycles. The van der Waals surface area contributed by atoms with E-state index < -0.39 is 0 Å². The maximum Gasteiger partial charge on any atom is 0.145 e. The van der Waals surface area contributed by atoms with E-state index in [1.165, 1.54) is 41.2 Å². The Morgan fingerprint density at radius 2 is 1.90 bits per heavy atom. The first-order chi connectivity index (χ1) is 10.2. The lowest BCUT2D eigenvalue weighted by Crippen LogP contribution is -2.18. The molecule has 2 aromatic rings. The van der Waals surface area contributed by atoms with Crippen molar-refractivity contribution in [1.82, 2.24) is 9.97 Å². The normalized spacial score (nSPS) is 26.0. The van der Waals surface area contributed by atoms with Gasteiger partial charge in [0.2, 0.25) is 0 Å². The van der Waals surface area contributed by atoms with E-state index in [1.54, 1.807) is 0 Å². The first-order valence-corrected chi connectivity index (χ1v) is 10.7. The third-order valence-electron chi connectivity index (χ3n) is 4.23. The Morgan fingerprint density at radius 3 is 2.76 bits per heavy atom. The number of nitrogens with zero attached hydrogens (tertiary/aromatic N) is 2. The number of fused-ring (bicyclic) bond motifs is 3. The van der Waals surface area contributed by atoms with Gasteiger partial charge in [0.1, 0.15) is 15.8 Å². The zero-order chi connectivity index (χ0) is 14.4. The largest absolute Gasteiger partial charge is 0.221 e. The Balaban J connectivity index is 1.82. The van der Waals surface area contributed by atoms with E-state index in [-0.39, 0.29) is 0 Å². The summed E-state index contributed by atoms with van der Waals surface area (Å²) < 4.78 is 0. The third-order valence-corrected chi connectivity index (χ3v) is 8.78. The minimum Gasteiger partial charge on any atom is -0.221 e. The van der Waals surface area contributed by atoms with Crippen LogP contribution in [0.5, 0.6) is 0 Å². The van der Waals surface area contributed by atoms with Crippen LogP contribution in [0.25, 0.3) is 10.2 Å². The Morgan fingerprint density at radius 1 is 1.10 bits per heavy atom. The Kier molecular flexibility index (Phi) is 4.11. The van der Waals surface area contributed by atoms with Crippen LogP contribution < -0.4 is 0 Å². The van der Waals surface area contributed by atoms with Crippen LogP contribution in [-0.4, -0.2) is 26.7 Å². The highest BCUT2D eigenvalue weighted by Gasteiger charge is 2.28. The molecule has 6 heteroatoms. The second-order valence-corrected chi connectivity index (χ2v) is 9.81. The molecular formula is C15H17ClN2S3. The molecule has 2 nitrogen and oxygen atoms in total. The molecular weight excluding hydrogens is 340 g/mol. The van der Waals surface area contributed by atoms with Gasteiger partial charge in [0.05, 0.1) is 10.6 Å². The van der Waals surface area contributed by atoms with E-state index in [0.29, 0.717) is 15.7 Å². The second kappa shape index (κ2) is 5.91. The van der Waals surface area contributed by atoms with Gasteiger partial charge in [0, 0.05) is 21.6 Å². The summed E-state index contributed by atoms with van der Waals surface area (Å²) in [4.78, 5) is 12.2. The van der Waals surface area contributed by atoms with E-state index in [2.05, 4.69) is 11.9 Å². The average Bonchev–Trinajstić information content (AvgIpc) is 2.86. The molecule has 2 aromatic heterocycles. The third kappa shape index (κ3) is 2.60. The molecule has 0 radical (unpaired) electrons. The lowest BCUT2D eigenvalue weighted by atomic mass is 9.97. The Hall–Kier alpha value is 0.0300. The lowest BCUT2D eigenvalue weighted by Gasteiger charge is -2.26. The van der Waals surface area contributed by atoms with Crippen molar-refractivity contribution in [2.75, 3.05) is 11.5 Å². The van der Waals surface area contributed by atoms with E-state index >= 15 is 0 Å². The molecule has 2 unspecified atom stereocenters. The molecule has 0 N–H and O–H groups in total. The quantitative estimate of drug-likeness (QED) is 0.661. The molecule has 0 aromatic carbocycles. The summed E-state index contributed by atoms with van der Waals surface area (Å²) in [5.74, 6) is 3.35. The lowest BCUT2D eigenvalue weighted by molar-refractivity contribution is 0.700. The maximum atomic E-state index is 6.55. The number of thiophene rings is 1. The summed E-state index contributed by atoms with van der Waals surface area (Å²) in [6.45, 7) is 2.28. The summed E-state index contributed by atoms with van der Waals surface area (Å²) in [6.07, 6.45) is 4.89. The zero-order valence-corrected chi connectivity index (χ0v) is 15.1. The van der Waals surface area contributed by atoms with Gasteiger partial charge >= 0.3 is 0 Å². The van der Waals surface area contributed by atoms with Gasteiger partial charge in [-0.15, -0.1) is 23.1 Å². The molecule has 1 aliphatic carbocycles. The smallest absolute Gasteiger partial charge is 0.145 e. The molecule has 112 valence electrons. The molecule has 4 rings (SSSR count). The van der Waals surface area contributed by atoms with Crippen molar-refractivity contribution in [2.45, 2.75) is 43.1 Å². The van der Waals surface area contributed by atoms with Gasteiger partial charge in [-0.05, 0) is 31.2 Å². The number of aromatic nitrogens is 2. The van der Waals surface area contributed by atoms with E-state index in [0.717, 1.165) is 22.5 Å². The van der Waals surface area contributed by atoms with Crippen LogP contribution in [-0.2, 0) is 12.8 Å². The number of hydrogen-bond donors (Lipinski definition) is 0. The molecule has 0 amide bonds. The Bertz CT molecular complexity index is 685. The minimum absolute atomic E-state index is 0.379. The fourth-order valence-electron chi connectivity index (χ4n) is 3.17. The van der Waals surface area contributed by atoms with Crippen LogP contribution in [0.4, 0.5) is 0 Å². The second-order valence-electron chi connectivity index (χ2n) is 5.63. The zero-order valence-electron chi connectivity index (χ0n) is 11.9. The summed E-state index contributed by atoms with van der Waals surface area (Å²) in [5, 5.41) is 2.76. The van der Waals surface area contributed by atoms with Gasteiger partial charge in [0.25, 0.3) is 0 Å². The summed E-state index contributed by atoms with van der Waals surface area (Å²) >= 11 is 12.4. The molecule has 1 fully saturated rings. The number of hydrogen-bond acceptors (Lipinski definition) is 5. The van der Waals surface area contributed by atoms with Crippen LogP contribution in [0.2, 0.25) is 5.15 Å². The summed E-state index contributed by atoms with van der Waals surface area (Å²) in [7, 11) is 0. The summed E-state index contributed by atoms with van der Waals surface area (Å²) in [5.41, 5.74) is 1.43. The molecule has 3 heterocycles. The van der Waals surface area contributed by atoms with Crippen LogP contribution in [0.3, 0.4) is 0 Å². The van der Waals surface area contributed by atoms with Gasteiger partial charge in [0.15, 0.2) is 0 Å². The standard InChI is InChI=1S/C15H17ClN2S3/c1-8-12(20-7-6-19-8)14-17-13(16)11-9-4-2-3-5-10(9)21-15(11)18-14/h8,12H,2-7H2,1H3. The Labute approximate surface area is 142 Å². The van der Waals surface area contributed by atoms with Crippen LogP contribution in [0.15, 0.2) is 0 Å². The fraction of sp³-hybridized carbons (Fsp3) is 0.600. The van der Waals surface area contributed by atoms with E-state index in [4.69, 9.17) is 16.6 Å². The van der Waals surface area contributed by atoms with Crippen molar-refractivity contribution >= 4 is 56.7 Å². The van der Waals surface area contributed by atoms with Crippen molar-refractivity contribution in [3.8, 4) is 0 Å². The van der Waals surface area contributed by atoms with Crippen LogP contribution >= 0.6 is 46.5 Å². The highest BCUT2D eigenvalue weighted by atomic mass is 35.5. The minimum atomic E-state index is 0.379. The van der Waals surface area contributed by atoms with Crippen LogP contribution in [0, 0.1) is 0 Å². The molecule has 2 atom stereocenters. The van der Waals surface area contributed by atoms with Gasteiger partial charge in [-0.1, -0.05) is 18.5 Å². The van der Waals surface area contributed by atoms with E-state index in [9.17, 15) is 0 Å². The highest BCUT2D eigenvalue weighted by molar-refractivity contribution is 8.06. The van der Waals surface area contributed by atoms with Gasteiger partial charge in [-0.2, -0.15) is 11.8 Å². The molecule has 2 aliphatic rings. The van der Waals surface area contributed by atoms with Crippen molar-refractivity contribution in [2.24, 2.45) is 0 Å². The van der Waals surface area contributed by atoms with Crippen LogP contribution in [0.1, 0.15) is 41.3 Å². The number of aryl methyl sites for hydroxylation is 2. The first kappa shape index (κ1) is 14.6. The molecule has 0 spiro atoms. The van der Waals surface area contributed by atoms with Gasteiger partial charge < -0.3 is 0 Å². The van der Waals surface area contributed by atoms with Crippen molar-refractivity contribution in [3.05, 3.63) is 21.4 Å². The van der Waals surface area contributed by atoms with E-state index in [1.807, 2.05) is 34.9 Å². The predicted molar refractivity (Wildman–Crippen MR) is 96.2 cm³/mol. The SMILES string of the molecule is CC1SCCSC1c1nc(Cl)c2c3c(sc2n1)CCCC3. The van der Waals surface area contributed by atoms with Gasteiger partial charge in [-0.3, -0.25) is 0 Å². The van der Waals surface area contributed by atoms with Crippen molar-refractivity contribution in [1.29, 1.82) is 0 Å². The maximum absolute atomic E-state index is 6.55. The fourth-order valence-corrected chi connectivity index (χ4v) is 7.48. The monoisotopic (exact) mass is 356 g/mol. The highest BCUT2D eigenvalue weighted by Crippen LogP contribution is 2.44. The van der Waals surface area contributed by atoms with Crippen molar-refractivity contribution in [3.63, 3.8) is 0 Å². The topological polar surface area (TPSA) is 25.8 Å². The molecule has 21 heavy (non-hydrogen) atoms. The molecule has 1 saturated heterocycles. The van der Waals surface area contributed by atoms with Gasteiger partial charge in [-0.25, -0.2) is 9.97 Å². The van der Waals surface area contributed by atoms with Crippen molar-refractivity contribution < 1.29 is 0 Å². The molecule has 0 bridgehead atoms. The number of rotatable bonds is 1. The first-order valence-electron chi connectivity index (χ1n) is 7.45. The molecule has 1 aliphatic heterocycles. The average molecular weight is 357 g/mol. The number of halogens is 1. The predicted octanol–water partition coefficient (Wildman–Crippen LogP) is 5.13. The summed E-state index contributed by atoms with van der Waals surface area (Å²) in [6, 6.07) is 0. The number of thioether (sulfide) groups is 2.